The molecule has 5 heteroatoms. The third kappa shape index (κ3) is 5.77. The van der Waals surface area contributed by atoms with Gasteiger partial charge in [0.05, 0.1) is 14.2 Å². The van der Waals surface area contributed by atoms with E-state index >= 15 is 0 Å². The molecule has 1 heterocycles. The third-order valence-electron chi connectivity index (χ3n) is 5.01. The molecule has 1 unspecified atom stereocenters. The summed E-state index contributed by atoms with van der Waals surface area (Å²) in [6, 6.07) is 5.54. The maximum Gasteiger partial charge on any atom is 0.244 e. The van der Waals surface area contributed by atoms with E-state index in [9.17, 15) is 4.79 Å². The minimum absolute atomic E-state index is 0.0443. The van der Waals surface area contributed by atoms with Crippen LogP contribution in [0.5, 0.6) is 11.5 Å². The monoisotopic (exact) mass is 360 g/mol. The lowest BCUT2D eigenvalue weighted by Crippen LogP contribution is -2.54. The number of piperidine rings is 1. The van der Waals surface area contributed by atoms with Gasteiger partial charge in [-0.25, -0.2) is 0 Å². The Bertz CT molecular complexity index is 618. The maximum atomic E-state index is 12.2. The Kier molecular flexibility index (Phi) is 7.09. The molecule has 1 aliphatic heterocycles. The summed E-state index contributed by atoms with van der Waals surface area (Å²) in [5.74, 6) is 2.03. The van der Waals surface area contributed by atoms with Crippen LogP contribution < -0.4 is 14.8 Å². The van der Waals surface area contributed by atoms with Gasteiger partial charge in [0.2, 0.25) is 5.91 Å². The molecule has 1 saturated heterocycles. The van der Waals surface area contributed by atoms with Crippen LogP contribution in [0.2, 0.25) is 0 Å². The van der Waals surface area contributed by atoms with Crippen molar-refractivity contribution < 1.29 is 14.3 Å². The van der Waals surface area contributed by atoms with E-state index in [1.165, 1.54) is 12.8 Å². The number of likely N-dealkylation sites (tertiary alicyclic amines) is 1. The molecular weight excluding hydrogens is 328 g/mol. The van der Waals surface area contributed by atoms with Crippen LogP contribution in [0.15, 0.2) is 24.3 Å². The van der Waals surface area contributed by atoms with Crippen molar-refractivity contribution in [2.45, 2.75) is 39.2 Å². The van der Waals surface area contributed by atoms with Gasteiger partial charge in [-0.1, -0.05) is 6.92 Å². The SMILES string of the molecule is COc1cc(C=CC(=O)NCC(C)(C)N2CCCC(C)C2)cc(OC)c1. The van der Waals surface area contributed by atoms with Crippen molar-refractivity contribution >= 4 is 12.0 Å². The number of amides is 1. The van der Waals surface area contributed by atoms with Gasteiger partial charge in [0.1, 0.15) is 11.5 Å². The van der Waals surface area contributed by atoms with Crippen LogP contribution in [-0.2, 0) is 4.79 Å². The van der Waals surface area contributed by atoms with Crippen molar-refractivity contribution in [3.63, 3.8) is 0 Å². The standard InChI is InChI=1S/C21H32N2O3/c1-16-7-6-10-23(14-16)21(2,3)15-22-20(24)9-8-17-11-18(25-4)13-19(12-17)26-5/h8-9,11-13,16H,6-7,10,14-15H2,1-5H3,(H,22,24). The lowest BCUT2D eigenvalue weighted by atomic mass is 9.93. The number of hydrogen-bond donors (Lipinski definition) is 1. The minimum Gasteiger partial charge on any atom is -0.497 e. The molecular formula is C21H32N2O3. The molecule has 5 nitrogen and oxygen atoms in total. The fraction of sp³-hybridized carbons (Fsp3) is 0.571. The summed E-state index contributed by atoms with van der Waals surface area (Å²) >= 11 is 0. The number of ether oxygens (including phenoxy) is 2. The molecule has 144 valence electrons. The van der Waals surface area contributed by atoms with Gasteiger partial charge in [0, 0.05) is 30.8 Å². The molecule has 26 heavy (non-hydrogen) atoms. The largest absolute Gasteiger partial charge is 0.497 e. The minimum atomic E-state index is -0.0927. The highest BCUT2D eigenvalue weighted by Crippen LogP contribution is 2.24. The molecule has 0 saturated carbocycles. The fourth-order valence-corrected chi connectivity index (χ4v) is 3.31. The average molecular weight is 360 g/mol. The Hall–Kier alpha value is -2.01. The van der Waals surface area contributed by atoms with Crippen molar-refractivity contribution in [2.24, 2.45) is 5.92 Å². The van der Waals surface area contributed by atoms with Gasteiger partial charge in [-0.15, -0.1) is 0 Å². The smallest absolute Gasteiger partial charge is 0.244 e. The first-order valence-corrected chi connectivity index (χ1v) is 9.28. The second-order valence-corrected chi connectivity index (χ2v) is 7.70. The van der Waals surface area contributed by atoms with Crippen molar-refractivity contribution in [2.75, 3.05) is 33.9 Å². The second-order valence-electron chi connectivity index (χ2n) is 7.70. The first kappa shape index (κ1) is 20.3. The van der Waals surface area contributed by atoms with Crippen molar-refractivity contribution in [3.8, 4) is 11.5 Å². The molecule has 0 bridgehead atoms. The molecule has 1 fully saturated rings. The Balaban J connectivity index is 1.92. The molecule has 1 aromatic carbocycles. The van der Waals surface area contributed by atoms with E-state index in [0.717, 1.165) is 24.6 Å². The van der Waals surface area contributed by atoms with E-state index in [-0.39, 0.29) is 11.4 Å². The summed E-state index contributed by atoms with van der Waals surface area (Å²) in [5, 5.41) is 3.03. The van der Waals surface area contributed by atoms with Crippen molar-refractivity contribution in [3.05, 3.63) is 29.8 Å². The molecule has 0 spiro atoms. The van der Waals surface area contributed by atoms with Crippen LogP contribution in [0.1, 0.15) is 39.2 Å². The molecule has 1 N–H and O–H groups in total. The molecule has 0 radical (unpaired) electrons. The summed E-state index contributed by atoms with van der Waals surface area (Å²) in [4.78, 5) is 14.7. The number of rotatable bonds is 7. The zero-order valence-electron chi connectivity index (χ0n) is 16.7. The summed E-state index contributed by atoms with van der Waals surface area (Å²) in [7, 11) is 3.22. The van der Waals surface area contributed by atoms with Crippen LogP contribution in [0.25, 0.3) is 6.08 Å². The van der Waals surface area contributed by atoms with Gasteiger partial charge in [-0.05, 0) is 62.9 Å². The zero-order valence-corrected chi connectivity index (χ0v) is 16.7. The number of benzene rings is 1. The van der Waals surface area contributed by atoms with E-state index in [1.54, 1.807) is 32.4 Å². The van der Waals surface area contributed by atoms with Crippen LogP contribution in [0, 0.1) is 5.92 Å². The third-order valence-corrected chi connectivity index (χ3v) is 5.01. The van der Waals surface area contributed by atoms with E-state index in [2.05, 4.69) is 31.0 Å². The topological polar surface area (TPSA) is 50.8 Å². The van der Waals surface area contributed by atoms with Crippen LogP contribution in [0.3, 0.4) is 0 Å². The summed E-state index contributed by atoms with van der Waals surface area (Å²) in [5.41, 5.74) is 0.817. The molecule has 1 aliphatic rings. The van der Waals surface area contributed by atoms with Crippen molar-refractivity contribution in [1.82, 2.24) is 10.2 Å². The Morgan fingerprint density at radius 1 is 1.27 bits per heavy atom. The van der Waals surface area contributed by atoms with Gasteiger partial charge in [-0.2, -0.15) is 0 Å². The van der Waals surface area contributed by atoms with Gasteiger partial charge >= 0.3 is 0 Å². The number of hydrogen-bond acceptors (Lipinski definition) is 4. The highest BCUT2D eigenvalue weighted by molar-refractivity contribution is 5.91. The van der Waals surface area contributed by atoms with E-state index < -0.39 is 0 Å². The van der Waals surface area contributed by atoms with Gasteiger partial charge in [0.15, 0.2) is 0 Å². The Labute approximate surface area is 157 Å². The van der Waals surface area contributed by atoms with Gasteiger partial charge < -0.3 is 14.8 Å². The zero-order chi connectivity index (χ0) is 19.2. The Morgan fingerprint density at radius 3 is 2.50 bits per heavy atom. The van der Waals surface area contributed by atoms with Crippen molar-refractivity contribution in [1.29, 1.82) is 0 Å². The molecule has 0 aliphatic carbocycles. The first-order chi connectivity index (χ1) is 12.3. The van der Waals surface area contributed by atoms with Crippen LogP contribution in [-0.4, -0.2) is 50.2 Å². The van der Waals surface area contributed by atoms with E-state index in [0.29, 0.717) is 18.0 Å². The van der Waals surface area contributed by atoms with E-state index in [1.807, 2.05) is 12.1 Å². The molecule has 1 aromatic rings. The number of nitrogens with zero attached hydrogens (tertiary/aromatic N) is 1. The Morgan fingerprint density at radius 2 is 1.92 bits per heavy atom. The maximum absolute atomic E-state index is 12.2. The number of nitrogens with one attached hydrogen (secondary N) is 1. The average Bonchev–Trinajstić information content (AvgIpc) is 2.64. The predicted octanol–water partition coefficient (Wildman–Crippen LogP) is 3.34. The summed E-state index contributed by atoms with van der Waals surface area (Å²) < 4.78 is 10.5. The van der Waals surface area contributed by atoms with Crippen LogP contribution >= 0.6 is 0 Å². The first-order valence-electron chi connectivity index (χ1n) is 9.28. The predicted molar refractivity (Wildman–Crippen MR) is 106 cm³/mol. The summed E-state index contributed by atoms with van der Waals surface area (Å²) in [6.45, 7) is 9.52. The molecule has 2 rings (SSSR count). The number of carbonyl (C=O) groups excluding carboxylic acids is 1. The van der Waals surface area contributed by atoms with Gasteiger partial charge in [0.25, 0.3) is 0 Å². The highest BCUT2D eigenvalue weighted by atomic mass is 16.5. The number of carbonyl (C=O) groups is 1. The van der Waals surface area contributed by atoms with E-state index in [4.69, 9.17) is 9.47 Å². The molecule has 0 aromatic heterocycles. The lowest BCUT2D eigenvalue weighted by molar-refractivity contribution is -0.117. The fourth-order valence-electron chi connectivity index (χ4n) is 3.31. The second kappa shape index (κ2) is 9.08. The highest BCUT2D eigenvalue weighted by Gasteiger charge is 2.30. The molecule has 1 amide bonds. The lowest BCUT2D eigenvalue weighted by Gasteiger charge is -2.43. The normalized spacial score (nSPS) is 18.7. The van der Waals surface area contributed by atoms with Crippen LogP contribution in [0.4, 0.5) is 0 Å². The summed E-state index contributed by atoms with van der Waals surface area (Å²) in [6.07, 6.45) is 5.86. The quantitative estimate of drug-likeness (QED) is 0.758. The molecule has 1 atom stereocenters. The number of methoxy groups -OCH3 is 2. The van der Waals surface area contributed by atoms with Gasteiger partial charge in [-0.3, -0.25) is 9.69 Å².